The first-order chi connectivity index (χ1) is 17.4. The lowest BCUT2D eigenvalue weighted by Crippen LogP contribution is -2.02. The molecule has 6 heterocycles. The lowest BCUT2D eigenvalue weighted by molar-refractivity contribution is 0.467. The van der Waals surface area contributed by atoms with Crippen LogP contribution in [0.4, 0.5) is 0 Å². The maximum atomic E-state index is 6.48. The first-order valence-electron chi connectivity index (χ1n) is 11.7. The van der Waals surface area contributed by atoms with Gasteiger partial charge in [0.1, 0.15) is 23.0 Å². The highest BCUT2D eigenvalue weighted by Gasteiger charge is 2.23. The molecule has 36 heavy (non-hydrogen) atoms. The van der Waals surface area contributed by atoms with E-state index in [1.165, 1.54) is 19.5 Å². The predicted octanol–water partition coefficient (Wildman–Crippen LogP) is 9.99. The fourth-order valence-electron chi connectivity index (χ4n) is 4.09. The number of aryl methyl sites for hydroxylation is 4. The van der Waals surface area contributed by atoms with E-state index in [4.69, 9.17) is 9.47 Å². The van der Waals surface area contributed by atoms with E-state index in [0.29, 0.717) is 0 Å². The van der Waals surface area contributed by atoms with Crippen LogP contribution in [0.1, 0.15) is 39.0 Å². The Hall–Kier alpha value is -2.90. The summed E-state index contributed by atoms with van der Waals surface area (Å²) in [6.45, 7) is 8.52. The summed E-state index contributed by atoms with van der Waals surface area (Å²) in [6.07, 6.45) is 8.66. The van der Waals surface area contributed by atoms with Gasteiger partial charge in [0.25, 0.3) is 0 Å². The molecule has 0 N–H and O–H groups in total. The highest BCUT2D eigenvalue weighted by molar-refractivity contribution is 7.14. The first kappa shape index (κ1) is 23.5. The summed E-state index contributed by atoms with van der Waals surface area (Å²) >= 11 is 7.02. The second-order valence-electron chi connectivity index (χ2n) is 8.79. The molecule has 0 bridgehead atoms. The van der Waals surface area contributed by atoms with E-state index in [9.17, 15) is 0 Å². The summed E-state index contributed by atoms with van der Waals surface area (Å²) < 4.78 is 13.0. The van der Waals surface area contributed by atoms with Crippen molar-refractivity contribution in [1.29, 1.82) is 0 Å². The molecule has 0 atom stereocenters. The number of thiophene rings is 4. The second kappa shape index (κ2) is 9.52. The maximum Gasteiger partial charge on any atom is 0.145 e. The first-order valence-corrected chi connectivity index (χ1v) is 14.9. The monoisotopic (exact) mass is 544 g/mol. The average molecular weight is 545 g/mol. The molecule has 0 radical (unpaired) electrons. The molecule has 0 spiro atoms. The van der Waals surface area contributed by atoms with E-state index in [-0.39, 0.29) is 0 Å². The Morgan fingerprint density at radius 1 is 0.389 bits per heavy atom. The molecule has 0 unspecified atom stereocenters. The van der Waals surface area contributed by atoms with Crippen LogP contribution in [-0.4, -0.2) is 0 Å². The topological polar surface area (TPSA) is 18.5 Å². The minimum absolute atomic E-state index is 0.884. The molecule has 6 rings (SSSR count). The summed E-state index contributed by atoms with van der Waals surface area (Å²) in [6, 6.07) is 17.2. The van der Waals surface area contributed by atoms with Crippen molar-refractivity contribution in [2.24, 2.45) is 0 Å². The minimum Gasteiger partial charge on any atom is -0.454 e. The van der Waals surface area contributed by atoms with Crippen molar-refractivity contribution in [1.82, 2.24) is 0 Å². The molecule has 2 aliphatic rings. The van der Waals surface area contributed by atoms with Gasteiger partial charge in [-0.25, -0.2) is 0 Å². The Labute approximate surface area is 227 Å². The Kier molecular flexibility index (Phi) is 6.21. The van der Waals surface area contributed by atoms with Crippen LogP contribution in [0.15, 0.2) is 84.0 Å². The van der Waals surface area contributed by atoms with Gasteiger partial charge in [0, 0.05) is 19.5 Å². The van der Waals surface area contributed by atoms with Gasteiger partial charge >= 0.3 is 0 Å². The predicted molar refractivity (Wildman–Crippen MR) is 157 cm³/mol. The van der Waals surface area contributed by atoms with E-state index in [2.05, 4.69) is 101 Å². The third-order valence-corrected chi connectivity index (χ3v) is 9.91. The van der Waals surface area contributed by atoms with Gasteiger partial charge < -0.3 is 9.47 Å². The summed E-state index contributed by atoms with van der Waals surface area (Å²) in [5, 5.41) is 0. The molecular formula is C30H24O2S4. The summed E-state index contributed by atoms with van der Waals surface area (Å²) in [5.41, 5.74) is 2.23. The van der Waals surface area contributed by atoms with Gasteiger partial charge in [0.15, 0.2) is 0 Å². The molecule has 0 saturated heterocycles. The molecule has 0 saturated carbocycles. The standard InChI is InChI=1S/C30H24O2S4/c1-17-5-9-27(33-17)23-13-21(14-24(31-23)28-10-6-18(2)34-28)22-15-25(29-11-7-19(3)35-29)32-26(16-22)30-12-8-20(4)36-30/h5-16H,1-4H3. The minimum atomic E-state index is 0.884. The smallest absolute Gasteiger partial charge is 0.145 e. The van der Waals surface area contributed by atoms with Crippen molar-refractivity contribution in [3.63, 3.8) is 0 Å². The lowest BCUT2D eigenvalue weighted by atomic mass is 10.0. The van der Waals surface area contributed by atoms with E-state index in [1.54, 1.807) is 45.3 Å². The fourth-order valence-corrected chi connectivity index (χ4v) is 7.37. The van der Waals surface area contributed by atoms with Crippen molar-refractivity contribution in [3.8, 4) is 0 Å². The van der Waals surface area contributed by atoms with Crippen LogP contribution in [0, 0.1) is 27.7 Å². The van der Waals surface area contributed by atoms with Gasteiger partial charge in [0.05, 0.1) is 19.5 Å². The second-order valence-corrected chi connectivity index (χ2v) is 13.9. The SMILES string of the molecule is Cc1ccc(C2=CC(=C3C=C(c4ccc(C)s4)OC(c4ccc(C)s4)=C3)C=C(c3ccc(C)s3)O2)s1. The quantitative estimate of drug-likeness (QED) is 0.254. The van der Waals surface area contributed by atoms with Crippen molar-refractivity contribution in [3.05, 3.63) is 123 Å². The highest BCUT2D eigenvalue weighted by Crippen LogP contribution is 2.41. The molecule has 180 valence electrons. The van der Waals surface area contributed by atoms with Gasteiger partial charge in [-0.3, -0.25) is 0 Å². The van der Waals surface area contributed by atoms with E-state index in [0.717, 1.165) is 53.7 Å². The summed E-state index contributed by atoms with van der Waals surface area (Å²) in [5.74, 6) is 3.54. The maximum absolute atomic E-state index is 6.48. The van der Waals surface area contributed by atoms with Crippen LogP contribution in [0.25, 0.3) is 23.0 Å². The highest BCUT2D eigenvalue weighted by atomic mass is 32.1. The van der Waals surface area contributed by atoms with Crippen molar-refractivity contribution in [2.75, 3.05) is 0 Å². The molecule has 0 aliphatic carbocycles. The third-order valence-electron chi connectivity index (χ3n) is 5.85. The third kappa shape index (κ3) is 4.74. The van der Waals surface area contributed by atoms with Crippen LogP contribution < -0.4 is 0 Å². The van der Waals surface area contributed by atoms with Gasteiger partial charge in [-0.1, -0.05) is 0 Å². The van der Waals surface area contributed by atoms with Crippen LogP contribution in [0.2, 0.25) is 0 Å². The van der Waals surface area contributed by atoms with Crippen molar-refractivity contribution >= 4 is 68.4 Å². The number of ether oxygens (including phenoxy) is 2. The number of allylic oxidation sites excluding steroid dienone is 6. The molecule has 6 heteroatoms. The zero-order valence-electron chi connectivity index (χ0n) is 20.4. The summed E-state index contributed by atoms with van der Waals surface area (Å²) in [4.78, 5) is 9.60. The molecule has 0 fully saturated rings. The fraction of sp³-hybridized carbons (Fsp3) is 0.133. The Balaban J connectivity index is 1.54. The zero-order chi connectivity index (χ0) is 24.8. The van der Waals surface area contributed by atoms with E-state index < -0.39 is 0 Å². The van der Waals surface area contributed by atoms with E-state index >= 15 is 0 Å². The van der Waals surface area contributed by atoms with Gasteiger partial charge in [-0.05, 0) is 112 Å². The number of hydrogen-bond acceptors (Lipinski definition) is 6. The van der Waals surface area contributed by atoms with Gasteiger partial charge in [0.2, 0.25) is 0 Å². The van der Waals surface area contributed by atoms with Crippen molar-refractivity contribution in [2.45, 2.75) is 27.7 Å². The normalized spacial score (nSPS) is 15.7. The van der Waals surface area contributed by atoms with Crippen LogP contribution in [-0.2, 0) is 9.47 Å². The number of rotatable bonds is 4. The molecule has 4 aromatic rings. The Bertz CT molecular complexity index is 1390. The van der Waals surface area contributed by atoms with Gasteiger partial charge in [-0.2, -0.15) is 0 Å². The largest absolute Gasteiger partial charge is 0.454 e. The molecule has 0 aromatic carbocycles. The lowest BCUT2D eigenvalue weighted by Gasteiger charge is -2.21. The molecule has 4 aromatic heterocycles. The average Bonchev–Trinajstić information content (AvgIpc) is 3.67. The van der Waals surface area contributed by atoms with E-state index in [1.807, 2.05) is 0 Å². The molecule has 2 nitrogen and oxygen atoms in total. The molecule has 0 amide bonds. The van der Waals surface area contributed by atoms with Crippen LogP contribution in [0.5, 0.6) is 0 Å². The zero-order valence-corrected chi connectivity index (χ0v) is 23.6. The molecular weight excluding hydrogens is 521 g/mol. The van der Waals surface area contributed by atoms with Crippen LogP contribution in [0.3, 0.4) is 0 Å². The Morgan fingerprint density at radius 3 is 0.833 bits per heavy atom. The van der Waals surface area contributed by atoms with Crippen LogP contribution >= 0.6 is 45.3 Å². The van der Waals surface area contributed by atoms with Gasteiger partial charge in [-0.15, -0.1) is 45.3 Å². The van der Waals surface area contributed by atoms with Crippen molar-refractivity contribution < 1.29 is 9.47 Å². The molecule has 2 aliphatic heterocycles. The number of hydrogen-bond donors (Lipinski definition) is 0. The Morgan fingerprint density at radius 2 is 0.639 bits per heavy atom. The summed E-state index contributed by atoms with van der Waals surface area (Å²) in [7, 11) is 0.